The number of rotatable bonds is 5. The van der Waals surface area contributed by atoms with Crippen LogP contribution in [-0.2, 0) is 6.16 Å². The average Bonchev–Trinajstić information content (AvgIpc) is 2.90. The molecular formula is C30H23BrNP. The van der Waals surface area contributed by atoms with Gasteiger partial charge in [-0.3, -0.25) is 0 Å². The Kier molecular flexibility index (Phi) is 5.63. The van der Waals surface area contributed by atoms with Crippen molar-refractivity contribution in [1.82, 2.24) is 0 Å². The molecule has 1 nitrogen and oxygen atoms in total. The van der Waals surface area contributed by atoms with Crippen molar-refractivity contribution < 1.29 is 0 Å². The summed E-state index contributed by atoms with van der Waals surface area (Å²) < 4.78 is 0. The maximum absolute atomic E-state index is 9.27. The van der Waals surface area contributed by atoms with E-state index in [9.17, 15) is 5.26 Å². The molecule has 0 aliphatic heterocycles. The van der Waals surface area contributed by atoms with Crippen molar-refractivity contribution in [1.29, 1.82) is 5.26 Å². The Morgan fingerprint density at radius 3 is 1.52 bits per heavy atom. The maximum atomic E-state index is 9.27. The predicted octanol–water partition coefficient (Wildman–Crippen LogP) is 7.05. The summed E-state index contributed by atoms with van der Waals surface area (Å²) in [5, 5.41) is 12.4. The van der Waals surface area contributed by atoms with Gasteiger partial charge in [0.15, 0.2) is 0 Å². The van der Waals surface area contributed by atoms with Crippen LogP contribution in [-0.4, -0.2) is 0 Å². The molecule has 0 saturated heterocycles. The van der Waals surface area contributed by atoms with Gasteiger partial charge in [-0.15, -0.1) is 0 Å². The van der Waals surface area contributed by atoms with Crippen LogP contribution in [0.25, 0.3) is 10.8 Å². The summed E-state index contributed by atoms with van der Waals surface area (Å²) in [6, 6.07) is 47.3. The van der Waals surface area contributed by atoms with Gasteiger partial charge < -0.3 is 0 Å². The molecule has 0 amide bonds. The van der Waals surface area contributed by atoms with Crippen LogP contribution in [0.3, 0.4) is 0 Å². The van der Waals surface area contributed by atoms with Crippen molar-refractivity contribution >= 4 is 47.5 Å². The first-order valence-corrected chi connectivity index (χ1v) is 15.4. The zero-order chi connectivity index (χ0) is 22.8. The van der Waals surface area contributed by atoms with Crippen molar-refractivity contribution in [3.05, 3.63) is 139 Å². The molecule has 0 aliphatic rings. The van der Waals surface area contributed by atoms with Crippen LogP contribution in [0, 0.1) is 11.3 Å². The zero-order valence-electron chi connectivity index (χ0n) is 18.1. The van der Waals surface area contributed by atoms with Crippen LogP contribution in [0.15, 0.2) is 127 Å². The molecule has 0 heterocycles. The summed E-state index contributed by atoms with van der Waals surface area (Å²) in [5.41, 5.74) is 1.95. The van der Waals surface area contributed by atoms with Gasteiger partial charge in [0.1, 0.15) is 0 Å². The van der Waals surface area contributed by atoms with Crippen LogP contribution < -0.4 is 15.9 Å². The van der Waals surface area contributed by atoms with E-state index < -0.39 is 5.31 Å². The third-order valence-corrected chi connectivity index (χ3v) is 15.9. The molecule has 3 heteroatoms. The monoisotopic (exact) mass is 507 g/mol. The molecule has 5 aromatic rings. The van der Waals surface area contributed by atoms with Gasteiger partial charge >= 0.3 is 203 Å². The van der Waals surface area contributed by atoms with Gasteiger partial charge in [0, 0.05) is 0 Å². The summed E-state index contributed by atoms with van der Waals surface area (Å²) >= 11 is 4.53. The second-order valence-corrected chi connectivity index (χ2v) is 17.3. The van der Waals surface area contributed by atoms with E-state index in [-0.39, 0.29) is 0 Å². The van der Waals surface area contributed by atoms with Gasteiger partial charge in [-0.2, -0.15) is 0 Å². The van der Waals surface area contributed by atoms with Gasteiger partial charge in [0.2, 0.25) is 0 Å². The van der Waals surface area contributed by atoms with Gasteiger partial charge in [-0.25, -0.2) is 0 Å². The Morgan fingerprint density at radius 2 is 1.03 bits per heavy atom. The van der Waals surface area contributed by atoms with Gasteiger partial charge in [0.25, 0.3) is 0 Å². The van der Waals surface area contributed by atoms with E-state index in [1.807, 2.05) is 18.2 Å². The second-order valence-electron chi connectivity index (χ2n) is 8.36. The first kappa shape index (κ1) is 21.6. The van der Waals surface area contributed by atoms with Crippen molar-refractivity contribution in [2.75, 3.05) is 0 Å². The summed E-state index contributed by atoms with van der Waals surface area (Å²) in [4.78, 5) is 0. The Labute approximate surface area is 203 Å². The number of hydrogen-bond acceptors (Lipinski definition) is 1. The Bertz CT molecular complexity index is 1360. The van der Waals surface area contributed by atoms with Crippen LogP contribution in [0.4, 0.5) is 0 Å². The summed E-state index contributed by atoms with van der Waals surface area (Å²) in [6.45, 7) is 0. The molecule has 0 unspecified atom stereocenters. The van der Waals surface area contributed by atoms with E-state index in [0.29, 0.717) is 5.56 Å². The fraction of sp³-hybridized carbons (Fsp3) is 0.0333. The fourth-order valence-electron chi connectivity index (χ4n) is 4.74. The molecular weight excluding hydrogens is 485 g/mol. The van der Waals surface area contributed by atoms with Crippen LogP contribution >= 0.6 is 20.8 Å². The average molecular weight is 508 g/mol. The molecule has 0 aromatic heterocycles. The Morgan fingerprint density at radius 1 is 0.576 bits per heavy atom. The summed E-state index contributed by atoms with van der Waals surface area (Å²) in [5.74, 6) is 0. The third kappa shape index (κ3) is 3.68. The molecule has 0 N–H and O–H groups in total. The van der Waals surface area contributed by atoms with Crippen LogP contribution in [0.1, 0.15) is 11.1 Å². The molecule has 5 rings (SSSR count). The topological polar surface area (TPSA) is 23.8 Å². The van der Waals surface area contributed by atoms with Gasteiger partial charge in [0.05, 0.1) is 0 Å². The Hall–Kier alpha value is -3.24. The number of nitriles is 1. The van der Waals surface area contributed by atoms with E-state index in [0.717, 1.165) is 16.9 Å². The van der Waals surface area contributed by atoms with E-state index in [1.54, 1.807) is 0 Å². The minimum absolute atomic E-state index is 0.688. The van der Waals surface area contributed by atoms with Crippen molar-refractivity contribution in [3.8, 4) is 6.07 Å². The summed E-state index contributed by atoms with van der Waals surface area (Å²) in [7, 11) is 0. The standard InChI is InChI=1S/C30H23BrNP/c31-33(28-10-4-1-5-11-28,29-12-6-2-7-13-29,30-14-8-3-9-15-30)23-25-17-19-26-20-24(22-32)16-18-27(26)21-25/h1-21H,23H2. The number of fused-ring (bicyclic) bond motifs is 1. The quantitative estimate of drug-likeness (QED) is 0.234. The second kappa shape index (κ2) is 8.60. The molecule has 0 atom stereocenters. The molecule has 0 bridgehead atoms. The van der Waals surface area contributed by atoms with Crippen molar-refractivity contribution in [2.45, 2.75) is 6.16 Å². The SMILES string of the molecule is N#Cc1ccc2cc(CP(Br)(c3ccccc3)(c3ccccc3)c3ccccc3)ccc2c1. The minimum atomic E-state index is -3.03. The van der Waals surface area contributed by atoms with Gasteiger partial charge in [-0.1, -0.05) is 0 Å². The number of halogens is 1. The normalized spacial score (nSPS) is 12.5. The van der Waals surface area contributed by atoms with Crippen LogP contribution in [0.2, 0.25) is 0 Å². The van der Waals surface area contributed by atoms with E-state index in [4.69, 9.17) is 0 Å². The number of benzene rings is 5. The number of hydrogen-bond donors (Lipinski definition) is 0. The molecule has 0 spiro atoms. The Balaban J connectivity index is 1.79. The van der Waals surface area contributed by atoms with E-state index in [1.165, 1.54) is 21.5 Å². The molecule has 0 fully saturated rings. The molecule has 0 saturated carbocycles. The zero-order valence-corrected chi connectivity index (χ0v) is 20.6. The summed E-state index contributed by atoms with van der Waals surface area (Å²) in [6.07, 6.45) is 0.847. The number of nitrogens with zero attached hydrogens (tertiary/aromatic N) is 1. The van der Waals surface area contributed by atoms with E-state index in [2.05, 4.69) is 131 Å². The first-order chi connectivity index (χ1) is 16.1. The first-order valence-electron chi connectivity index (χ1n) is 10.9. The molecule has 160 valence electrons. The molecule has 0 aliphatic carbocycles. The van der Waals surface area contributed by atoms with E-state index >= 15 is 0 Å². The molecule has 0 radical (unpaired) electrons. The van der Waals surface area contributed by atoms with Crippen LogP contribution in [0.5, 0.6) is 0 Å². The van der Waals surface area contributed by atoms with Crippen molar-refractivity contribution in [3.63, 3.8) is 0 Å². The molecule has 5 aromatic carbocycles. The molecule has 33 heavy (non-hydrogen) atoms. The third-order valence-electron chi connectivity index (χ3n) is 6.40. The predicted molar refractivity (Wildman–Crippen MR) is 146 cm³/mol. The van der Waals surface area contributed by atoms with Crippen molar-refractivity contribution in [2.24, 2.45) is 0 Å². The van der Waals surface area contributed by atoms with Gasteiger partial charge in [-0.05, 0) is 0 Å². The fourth-order valence-corrected chi connectivity index (χ4v) is 12.4.